The van der Waals surface area contributed by atoms with Gasteiger partial charge in [-0.2, -0.15) is 26.3 Å². The Morgan fingerprint density at radius 3 is 2.14 bits per heavy atom. The van der Waals surface area contributed by atoms with Gasteiger partial charge in [0.05, 0.1) is 23.2 Å². The molecule has 1 N–H and O–H groups in total. The summed E-state index contributed by atoms with van der Waals surface area (Å²) in [6, 6.07) is 16.7. The van der Waals surface area contributed by atoms with Gasteiger partial charge in [-0.3, -0.25) is 9.36 Å². The molecular formula is C31H29F6N3O3. The van der Waals surface area contributed by atoms with E-state index < -0.39 is 29.1 Å². The van der Waals surface area contributed by atoms with Crippen LogP contribution in [0.4, 0.5) is 26.3 Å². The van der Waals surface area contributed by atoms with Crippen LogP contribution in [0.2, 0.25) is 0 Å². The number of hydrogen-bond donors (Lipinski definition) is 1. The molecular weight excluding hydrogens is 576 g/mol. The predicted molar refractivity (Wildman–Crippen MR) is 148 cm³/mol. The van der Waals surface area contributed by atoms with Gasteiger partial charge in [-0.05, 0) is 68.2 Å². The SMILES string of the molecule is O=c1c2cc(OCCCN3CCCC3)ccc2nc(Cc2ccccc2)n1-c1ccc(C(O)(C(F)(F)F)C(F)(F)F)cc1. The van der Waals surface area contributed by atoms with Crippen LogP contribution in [0, 0.1) is 0 Å². The van der Waals surface area contributed by atoms with Gasteiger partial charge in [-0.1, -0.05) is 42.5 Å². The van der Waals surface area contributed by atoms with Gasteiger partial charge in [0, 0.05) is 18.5 Å². The zero-order chi connectivity index (χ0) is 30.8. The summed E-state index contributed by atoms with van der Waals surface area (Å²) in [5.41, 5.74) is -5.96. The second-order valence-corrected chi connectivity index (χ2v) is 10.5. The van der Waals surface area contributed by atoms with Gasteiger partial charge in [0.25, 0.3) is 11.2 Å². The molecule has 5 rings (SSSR count). The number of aliphatic hydroxyl groups is 1. The van der Waals surface area contributed by atoms with Crippen LogP contribution in [-0.4, -0.2) is 58.2 Å². The highest BCUT2D eigenvalue weighted by Gasteiger charge is 2.71. The highest BCUT2D eigenvalue weighted by Crippen LogP contribution is 2.50. The number of aromatic nitrogens is 2. The normalized spacial score (nSPS) is 14.9. The van der Waals surface area contributed by atoms with E-state index in [1.807, 2.05) is 0 Å². The second-order valence-electron chi connectivity index (χ2n) is 10.5. The molecule has 0 bridgehead atoms. The highest BCUT2D eigenvalue weighted by atomic mass is 19.4. The molecule has 0 spiro atoms. The topological polar surface area (TPSA) is 67.6 Å². The lowest BCUT2D eigenvalue weighted by Crippen LogP contribution is -2.53. The van der Waals surface area contributed by atoms with Crippen molar-refractivity contribution in [3.8, 4) is 11.4 Å². The number of halogens is 6. The summed E-state index contributed by atoms with van der Waals surface area (Å²) in [6.45, 7) is 3.47. The van der Waals surface area contributed by atoms with Gasteiger partial charge < -0.3 is 14.7 Å². The average molecular weight is 606 g/mol. The molecule has 1 aromatic heterocycles. The van der Waals surface area contributed by atoms with Crippen LogP contribution in [0.25, 0.3) is 16.6 Å². The van der Waals surface area contributed by atoms with Gasteiger partial charge in [0.2, 0.25) is 0 Å². The Hall–Kier alpha value is -3.90. The third-order valence-electron chi connectivity index (χ3n) is 7.56. The van der Waals surface area contributed by atoms with Crippen molar-refractivity contribution in [1.82, 2.24) is 14.5 Å². The van der Waals surface area contributed by atoms with Gasteiger partial charge in [0.1, 0.15) is 11.6 Å². The second kappa shape index (κ2) is 12.0. The fraction of sp³-hybridized carbons (Fsp3) is 0.355. The minimum Gasteiger partial charge on any atom is -0.494 e. The molecule has 228 valence electrons. The van der Waals surface area contributed by atoms with Crippen LogP contribution in [0.5, 0.6) is 5.75 Å². The van der Waals surface area contributed by atoms with E-state index in [0.717, 1.165) is 48.3 Å². The van der Waals surface area contributed by atoms with Crippen LogP contribution in [0.3, 0.4) is 0 Å². The van der Waals surface area contributed by atoms with Crippen LogP contribution < -0.4 is 10.3 Å². The standard InChI is InChI=1S/C31H29F6N3O3/c32-30(33,34)29(42,31(35,36)37)22-9-11-23(12-10-22)40-27(19-21-7-2-1-3-8-21)38-26-14-13-24(20-25(26)28(40)41)43-18-6-17-39-15-4-5-16-39/h1-3,7-14,20,42H,4-6,15-19H2. The van der Waals surface area contributed by atoms with E-state index in [4.69, 9.17) is 4.74 Å². The number of ether oxygens (including phenoxy) is 1. The molecule has 4 aromatic rings. The van der Waals surface area contributed by atoms with Gasteiger partial charge in [0.15, 0.2) is 0 Å². The molecule has 43 heavy (non-hydrogen) atoms. The van der Waals surface area contributed by atoms with Crippen molar-refractivity contribution in [2.24, 2.45) is 0 Å². The maximum absolute atomic E-state index is 13.8. The highest BCUT2D eigenvalue weighted by molar-refractivity contribution is 5.79. The molecule has 1 fully saturated rings. The van der Waals surface area contributed by atoms with Gasteiger partial charge in [-0.25, -0.2) is 4.98 Å². The molecule has 1 saturated heterocycles. The molecule has 0 atom stereocenters. The summed E-state index contributed by atoms with van der Waals surface area (Å²) in [5.74, 6) is 0.656. The quantitative estimate of drug-likeness (QED) is 0.183. The Morgan fingerprint density at radius 1 is 0.860 bits per heavy atom. The zero-order valence-electron chi connectivity index (χ0n) is 23.0. The summed E-state index contributed by atoms with van der Waals surface area (Å²) in [5, 5.41) is 9.96. The van der Waals surface area contributed by atoms with Crippen LogP contribution in [-0.2, 0) is 12.0 Å². The summed E-state index contributed by atoms with van der Waals surface area (Å²) in [6.07, 6.45) is -8.74. The molecule has 12 heteroatoms. The van der Waals surface area contributed by atoms with Gasteiger partial charge in [-0.15, -0.1) is 0 Å². The minimum atomic E-state index is -6.03. The monoisotopic (exact) mass is 605 g/mol. The third-order valence-corrected chi connectivity index (χ3v) is 7.56. The number of likely N-dealkylation sites (tertiary alicyclic amines) is 1. The Kier molecular flexibility index (Phi) is 8.53. The summed E-state index contributed by atoms with van der Waals surface area (Å²) < 4.78 is 87.6. The molecule has 0 amide bonds. The molecule has 0 unspecified atom stereocenters. The molecule has 1 aliphatic rings. The van der Waals surface area contributed by atoms with Crippen molar-refractivity contribution >= 4 is 10.9 Å². The first-order valence-corrected chi connectivity index (χ1v) is 13.8. The number of nitrogens with zero attached hydrogens (tertiary/aromatic N) is 3. The van der Waals surface area contributed by atoms with Crippen molar-refractivity contribution in [1.29, 1.82) is 0 Å². The van der Waals surface area contributed by atoms with Crippen molar-refractivity contribution < 1.29 is 36.2 Å². The number of fused-ring (bicyclic) bond motifs is 1. The van der Waals surface area contributed by atoms with Crippen molar-refractivity contribution in [2.75, 3.05) is 26.2 Å². The lowest BCUT2D eigenvalue weighted by atomic mass is 9.92. The van der Waals surface area contributed by atoms with E-state index in [2.05, 4.69) is 9.88 Å². The molecule has 2 heterocycles. The molecule has 1 aliphatic heterocycles. The van der Waals surface area contributed by atoms with Crippen molar-refractivity contribution in [2.45, 2.75) is 43.6 Å². The lowest BCUT2D eigenvalue weighted by molar-refractivity contribution is -0.376. The first kappa shape index (κ1) is 30.6. The zero-order valence-corrected chi connectivity index (χ0v) is 23.0. The summed E-state index contributed by atoms with van der Waals surface area (Å²) in [4.78, 5) is 20.8. The molecule has 0 radical (unpaired) electrons. The van der Waals surface area contributed by atoms with Crippen LogP contribution >= 0.6 is 0 Å². The largest absolute Gasteiger partial charge is 0.494 e. The number of rotatable bonds is 9. The number of hydrogen-bond acceptors (Lipinski definition) is 5. The number of benzene rings is 3. The lowest BCUT2D eigenvalue weighted by Gasteiger charge is -2.32. The Balaban J connectivity index is 1.52. The fourth-order valence-corrected chi connectivity index (χ4v) is 5.29. The maximum Gasteiger partial charge on any atom is 0.430 e. The predicted octanol–water partition coefficient (Wildman–Crippen LogP) is 6.15. The summed E-state index contributed by atoms with van der Waals surface area (Å²) >= 11 is 0. The first-order valence-electron chi connectivity index (χ1n) is 13.8. The number of alkyl halides is 6. The average Bonchev–Trinajstić information content (AvgIpc) is 3.49. The van der Waals surface area contributed by atoms with E-state index in [-0.39, 0.29) is 23.3 Å². The Bertz CT molecular complexity index is 1600. The Morgan fingerprint density at radius 2 is 1.51 bits per heavy atom. The molecule has 3 aromatic carbocycles. The van der Waals surface area contributed by atoms with Crippen molar-refractivity contribution in [3.63, 3.8) is 0 Å². The first-order chi connectivity index (χ1) is 20.4. The minimum absolute atomic E-state index is 0.0160. The van der Waals surface area contributed by atoms with E-state index in [1.165, 1.54) is 18.9 Å². The smallest absolute Gasteiger partial charge is 0.430 e. The van der Waals surface area contributed by atoms with E-state index in [0.29, 0.717) is 30.0 Å². The fourth-order valence-electron chi connectivity index (χ4n) is 5.29. The Labute approximate surface area is 243 Å². The van der Waals surface area contributed by atoms with E-state index in [1.54, 1.807) is 42.5 Å². The van der Waals surface area contributed by atoms with Gasteiger partial charge >= 0.3 is 12.4 Å². The summed E-state index contributed by atoms with van der Waals surface area (Å²) in [7, 11) is 0. The molecule has 0 aliphatic carbocycles. The van der Waals surface area contributed by atoms with Crippen molar-refractivity contribution in [3.05, 3.63) is 100 Å². The van der Waals surface area contributed by atoms with Crippen LogP contribution in [0.1, 0.15) is 36.2 Å². The molecule has 0 saturated carbocycles. The van der Waals surface area contributed by atoms with E-state index >= 15 is 0 Å². The van der Waals surface area contributed by atoms with E-state index in [9.17, 15) is 36.2 Å². The maximum atomic E-state index is 13.8. The molecule has 6 nitrogen and oxygen atoms in total. The van der Waals surface area contributed by atoms with Crippen LogP contribution in [0.15, 0.2) is 77.6 Å². The third kappa shape index (κ3) is 6.25.